The van der Waals surface area contributed by atoms with Gasteiger partial charge < -0.3 is 10.2 Å². The van der Waals surface area contributed by atoms with Gasteiger partial charge >= 0.3 is 0 Å². The van der Waals surface area contributed by atoms with Crippen molar-refractivity contribution in [2.45, 2.75) is 18.6 Å². The lowest BCUT2D eigenvalue weighted by atomic mass is 10.0. The average Bonchev–Trinajstić information content (AvgIpc) is 2.21. The first kappa shape index (κ1) is 13.3. The lowest BCUT2D eigenvalue weighted by Crippen LogP contribution is -2.19. The minimum Gasteiger partial charge on any atom is -0.390 e. The zero-order valence-corrected chi connectivity index (χ0v) is 11.0. The number of aromatic nitrogens is 1. The number of hydrogen-bond donors (Lipinski definition) is 3. The van der Waals surface area contributed by atoms with Crippen molar-refractivity contribution in [3.63, 3.8) is 0 Å². The molecular formula is C9H11BrClNO2S. The summed E-state index contributed by atoms with van der Waals surface area (Å²) in [7, 11) is 0. The molecule has 1 rings (SSSR count). The van der Waals surface area contributed by atoms with Gasteiger partial charge in [-0.1, -0.05) is 11.6 Å². The van der Waals surface area contributed by atoms with Gasteiger partial charge in [-0.2, -0.15) is 12.6 Å². The minimum atomic E-state index is -0.980. The smallest absolute Gasteiger partial charge is 0.129 e. The van der Waals surface area contributed by atoms with E-state index in [1.807, 2.05) is 0 Å². The molecule has 3 nitrogen and oxygen atoms in total. The lowest BCUT2D eigenvalue weighted by molar-refractivity contribution is 0.0168. The maximum Gasteiger partial charge on any atom is 0.129 e. The molecule has 1 heterocycles. The molecule has 0 bridgehead atoms. The number of nitrogens with zero attached hydrogens (tertiary/aromatic N) is 1. The van der Waals surface area contributed by atoms with Crippen LogP contribution in [-0.2, 0) is 0 Å². The molecule has 1 aromatic rings. The molecule has 0 aromatic carbocycles. The van der Waals surface area contributed by atoms with E-state index in [-0.39, 0.29) is 5.15 Å². The van der Waals surface area contributed by atoms with Crippen LogP contribution in [0.1, 0.15) is 18.1 Å². The topological polar surface area (TPSA) is 53.4 Å². The van der Waals surface area contributed by atoms with Crippen LogP contribution in [0.4, 0.5) is 0 Å². The van der Waals surface area contributed by atoms with Gasteiger partial charge in [0, 0.05) is 16.2 Å². The molecule has 0 saturated carbocycles. The Balaban J connectivity index is 2.89. The van der Waals surface area contributed by atoms with E-state index in [4.69, 9.17) is 11.6 Å². The fourth-order valence-corrected chi connectivity index (χ4v) is 2.03. The van der Waals surface area contributed by atoms with Crippen LogP contribution >= 0.6 is 40.2 Å². The molecule has 0 aliphatic rings. The highest BCUT2D eigenvalue weighted by molar-refractivity contribution is 9.10. The van der Waals surface area contributed by atoms with Crippen molar-refractivity contribution >= 4 is 40.2 Å². The average molecular weight is 313 g/mol. The monoisotopic (exact) mass is 311 g/mol. The van der Waals surface area contributed by atoms with Gasteiger partial charge in [0.2, 0.25) is 0 Å². The third kappa shape index (κ3) is 3.60. The van der Waals surface area contributed by atoms with Crippen LogP contribution in [0.5, 0.6) is 0 Å². The molecule has 0 aliphatic heterocycles. The normalized spacial score (nSPS) is 15.0. The molecule has 0 aliphatic carbocycles. The molecule has 84 valence electrons. The Morgan fingerprint density at radius 1 is 1.53 bits per heavy atom. The Morgan fingerprint density at radius 3 is 2.80 bits per heavy atom. The summed E-state index contributed by atoms with van der Waals surface area (Å²) in [5.41, 5.74) is 0.532. The Morgan fingerprint density at radius 2 is 2.20 bits per heavy atom. The van der Waals surface area contributed by atoms with E-state index in [1.165, 1.54) is 12.3 Å². The number of halogens is 2. The summed E-state index contributed by atoms with van der Waals surface area (Å²) in [4.78, 5) is 3.84. The lowest BCUT2D eigenvalue weighted by Gasteiger charge is -2.18. The van der Waals surface area contributed by atoms with Gasteiger partial charge in [-0.15, -0.1) is 0 Å². The Kier molecular flexibility index (Phi) is 5.35. The van der Waals surface area contributed by atoms with Crippen molar-refractivity contribution in [2.75, 3.05) is 5.75 Å². The summed E-state index contributed by atoms with van der Waals surface area (Å²) in [6.07, 6.45) is 0.0783. The Bertz CT molecular complexity index is 340. The van der Waals surface area contributed by atoms with Gasteiger partial charge in [0.1, 0.15) is 11.3 Å². The molecule has 1 aromatic heterocycles. The Hall–Kier alpha value is 0.190. The summed E-state index contributed by atoms with van der Waals surface area (Å²) in [6.45, 7) is 0. The standard InChI is InChI=1S/C9H11BrClNO2S/c10-6-4-12-8(11)3-5(6)9(14)7(13)1-2-15/h3-4,7,9,13-15H,1-2H2. The number of thiol groups is 1. The van der Waals surface area contributed by atoms with E-state index in [0.717, 1.165) is 0 Å². The zero-order valence-electron chi connectivity index (χ0n) is 7.77. The maximum atomic E-state index is 9.83. The second-order valence-corrected chi connectivity index (χ2v) is 4.74. The van der Waals surface area contributed by atoms with Crippen molar-refractivity contribution in [3.05, 3.63) is 27.5 Å². The maximum absolute atomic E-state index is 9.83. The summed E-state index contributed by atoms with van der Waals surface area (Å²) >= 11 is 12.9. The van der Waals surface area contributed by atoms with E-state index >= 15 is 0 Å². The number of aliphatic hydroxyl groups is 2. The zero-order chi connectivity index (χ0) is 11.4. The van der Waals surface area contributed by atoms with E-state index in [0.29, 0.717) is 22.2 Å². The van der Waals surface area contributed by atoms with Gasteiger partial charge in [0.25, 0.3) is 0 Å². The second-order valence-electron chi connectivity index (χ2n) is 3.05. The first-order valence-corrected chi connectivity index (χ1v) is 6.14. The highest BCUT2D eigenvalue weighted by atomic mass is 79.9. The van der Waals surface area contributed by atoms with Gasteiger partial charge in [-0.05, 0) is 34.2 Å². The molecular weight excluding hydrogens is 302 g/mol. The van der Waals surface area contributed by atoms with Gasteiger partial charge in [-0.3, -0.25) is 0 Å². The molecule has 2 unspecified atom stereocenters. The molecule has 0 amide bonds. The molecule has 0 saturated heterocycles. The summed E-state index contributed by atoms with van der Waals surface area (Å²) < 4.78 is 0.623. The molecule has 6 heteroatoms. The predicted octanol–water partition coefficient (Wildman–Crippen LogP) is 2.21. The first-order valence-electron chi connectivity index (χ1n) is 4.34. The van der Waals surface area contributed by atoms with Gasteiger partial charge in [-0.25, -0.2) is 4.98 Å². The highest BCUT2D eigenvalue weighted by Gasteiger charge is 2.20. The van der Waals surface area contributed by atoms with E-state index in [9.17, 15) is 10.2 Å². The fraction of sp³-hybridized carbons (Fsp3) is 0.444. The van der Waals surface area contributed by atoms with Crippen LogP contribution in [0.15, 0.2) is 16.7 Å². The van der Waals surface area contributed by atoms with E-state index in [1.54, 1.807) is 0 Å². The van der Waals surface area contributed by atoms with Gasteiger partial charge in [0.05, 0.1) is 6.10 Å². The highest BCUT2D eigenvalue weighted by Crippen LogP contribution is 2.28. The van der Waals surface area contributed by atoms with Crippen molar-refractivity contribution in [3.8, 4) is 0 Å². The van der Waals surface area contributed by atoms with Crippen LogP contribution in [0.25, 0.3) is 0 Å². The van der Waals surface area contributed by atoms with Crippen molar-refractivity contribution in [1.29, 1.82) is 0 Å². The number of aliphatic hydroxyl groups excluding tert-OH is 2. The SMILES string of the molecule is OC(CCS)C(O)c1cc(Cl)ncc1Br. The van der Waals surface area contributed by atoms with Crippen LogP contribution < -0.4 is 0 Å². The number of rotatable bonds is 4. The largest absolute Gasteiger partial charge is 0.390 e. The minimum absolute atomic E-state index is 0.283. The van der Waals surface area contributed by atoms with Crippen molar-refractivity contribution < 1.29 is 10.2 Å². The molecule has 0 spiro atoms. The van der Waals surface area contributed by atoms with Crippen LogP contribution in [0, 0.1) is 0 Å². The van der Waals surface area contributed by atoms with Crippen molar-refractivity contribution in [1.82, 2.24) is 4.98 Å². The first-order chi connectivity index (χ1) is 7.06. The molecule has 2 atom stereocenters. The number of pyridine rings is 1. The Labute approximate surface area is 107 Å². The summed E-state index contributed by atoms with van der Waals surface area (Å²) in [5, 5.41) is 19.7. The number of hydrogen-bond acceptors (Lipinski definition) is 4. The predicted molar refractivity (Wildman–Crippen MR) is 66.4 cm³/mol. The van der Waals surface area contributed by atoms with E-state index in [2.05, 4.69) is 33.5 Å². The fourth-order valence-electron chi connectivity index (χ4n) is 1.15. The second kappa shape index (κ2) is 6.06. The van der Waals surface area contributed by atoms with Crippen LogP contribution in [0.3, 0.4) is 0 Å². The quantitative estimate of drug-likeness (QED) is 0.590. The molecule has 15 heavy (non-hydrogen) atoms. The molecule has 0 radical (unpaired) electrons. The van der Waals surface area contributed by atoms with Gasteiger partial charge in [0.15, 0.2) is 0 Å². The van der Waals surface area contributed by atoms with E-state index < -0.39 is 12.2 Å². The summed E-state index contributed by atoms with van der Waals surface area (Å²) in [6, 6.07) is 1.53. The third-order valence-corrected chi connectivity index (χ3v) is 3.09. The van der Waals surface area contributed by atoms with Crippen LogP contribution in [0.2, 0.25) is 5.15 Å². The third-order valence-electron chi connectivity index (χ3n) is 1.96. The van der Waals surface area contributed by atoms with Crippen molar-refractivity contribution in [2.24, 2.45) is 0 Å². The molecule has 2 N–H and O–H groups in total. The summed E-state index contributed by atoms with van der Waals surface area (Å²) in [5.74, 6) is 0.509. The van der Waals surface area contributed by atoms with Crippen LogP contribution in [-0.4, -0.2) is 27.1 Å². The molecule has 0 fully saturated rings.